The molecule has 6 heteroatoms. The molecule has 2 rings (SSSR count). The molecule has 1 saturated heterocycles. The molecule has 1 heterocycles. The number of halogens is 1. The van der Waals surface area contributed by atoms with Gasteiger partial charge in [-0.15, -0.1) is 24.0 Å². The van der Waals surface area contributed by atoms with Crippen LogP contribution >= 0.6 is 24.0 Å². The standard InChI is InChI=1S/C19H38N4O.HI/c1-15(2)16-7-6-8-17(13-16)22-18(20-3)21-14-19(23(4)5)9-11-24-12-10-19;/h15-17H,6-14H2,1-5H3,(H2,20,21,22);1H. The largest absolute Gasteiger partial charge is 0.381 e. The van der Waals surface area contributed by atoms with Crippen molar-refractivity contribution < 1.29 is 4.74 Å². The zero-order chi connectivity index (χ0) is 17.6. The van der Waals surface area contributed by atoms with Gasteiger partial charge < -0.3 is 20.3 Å². The molecule has 1 aliphatic carbocycles. The van der Waals surface area contributed by atoms with E-state index in [0.717, 1.165) is 50.4 Å². The summed E-state index contributed by atoms with van der Waals surface area (Å²) in [6.07, 6.45) is 7.38. The number of nitrogens with one attached hydrogen (secondary N) is 2. The van der Waals surface area contributed by atoms with E-state index >= 15 is 0 Å². The lowest BCUT2D eigenvalue weighted by Gasteiger charge is -2.43. The molecule has 0 aromatic heterocycles. The maximum atomic E-state index is 5.56. The minimum absolute atomic E-state index is 0. The Labute approximate surface area is 171 Å². The van der Waals surface area contributed by atoms with Crippen LogP contribution < -0.4 is 10.6 Å². The van der Waals surface area contributed by atoms with Gasteiger partial charge in [0.15, 0.2) is 5.96 Å². The molecule has 0 spiro atoms. The molecule has 2 fully saturated rings. The molecule has 2 unspecified atom stereocenters. The molecule has 0 radical (unpaired) electrons. The second-order valence-corrected chi connectivity index (χ2v) is 8.17. The van der Waals surface area contributed by atoms with Crippen LogP contribution in [0.15, 0.2) is 4.99 Å². The van der Waals surface area contributed by atoms with Crippen molar-refractivity contribution in [3.63, 3.8) is 0 Å². The summed E-state index contributed by atoms with van der Waals surface area (Å²) in [7, 11) is 6.24. The number of nitrogens with zero attached hydrogens (tertiary/aromatic N) is 2. The molecule has 2 aliphatic rings. The zero-order valence-corrected chi connectivity index (χ0v) is 19.1. The van der Waals surface area contributed by atoms with Crippen LogP contribution in [0.2, 0.25) is 0 Å². The van der Waals surface area contributed by atoms with Gasteiger partial charge in [-0.05, 0) is 51.6 Å². The van der Waals surface area contributed by atoms with E-state index in [2.05, 4.69) is 48.5 Å². The minimum Gasteiger partial charge on any atom is -0.381 e. The molecule has 0 aromatic carbocycles. The van der Waals surface area contributed by atoms with Crippen LogP contribution in [0, 0.1) is 11.8 Å². The van der Waals surface area contributed by atoms with Crippen molar-refractivity contribution in [1.29, 1.82) is 0 Å². The first-order chi connectivity index (χ1) is 11.5. The quantitative estimate of drug-likeness (QED) is 0.372. The second kappa shape index (κ2) is 10.9. The maximum Gasteiger partial charge on any atom is 0.191 e. The monoisotopic (exact) mass is 466 g/mol. The fourth-order valence-electron chi connectivity index (χ4n) is 4.13. The van der Waals surface area contributed by atoms with E-state index < -0.39 is 0 Å². The molecule has 0 aromatic rings. The first-order valence-electron chi connectivity index (χ1n) is 9.69. The van der Waals surface area contributed by atoms with Gasteiger partial charge in [0.05, 0.1) is 0 Å². The van der Waals surface area contributed by atoms with Gasteiger partial charge in [0.2, 0.25) is 0 Å². The molecule has 2 atom stereocenters. The highest BCUT2D eigenvalue weighted by Gasteiger charge is 2.35. The molecule has 25 heavy (non-hydrogen) atoms. The van der Waals surface area contributed by atoms with Gasteiger partial charge in [-0.1, -0.05) is 26.7 Å². The lowest BCUT2D eigenvalue weighted by atomic mass is 9.79. The van der Waals surface area contributed by atoms with Crippen LogP contribution in [-0.2, 0) is 4.74 Å². The Balaban J connectivity index is 0.00000312. The highest BCUT2D eigenvalue weighted by molar-refractivity contribution is 14.0. The Morgan fingerprint density at radius 2 is 1.92 bits per heavy atom. The van der Waals surface area contributed by atoms with E-state index in [4.69, 9.17) is 4.74 Å². The number of aliphatic imine (C=N–C) groups is 1. The molecule has 5 nitrogen and oxygen atoms in total. The third-order valence-corrected chi connectivity index (χ3v) is 6.18. The lowest BCUT2D eigenvalue weighted by molar-refractivity contribution is -0.00504. The van der Waals surface area contributed by atoms with Gasteiger partial charge in [-0.2, -0.15) is 0 Å². The van der Waals surface area contributed by atoms with Crippen LogP contribution in [0.25, 0.3) is 0 Å². The van der Waals surface area contributed by atoms with Crippen molar-refractivity contribution in [3.05, 3.63) is 0 Å². The summed E-state index contributed by atoms with van der Waals surface area (Å²) in [5.74, 6) is 2.58. The predicted molar refractivity (Wildman–Crippen MR) is 117 cm³/mol. The summed E-state index contributed by atoms with van der Waals surface area (Å²) in [6, 6.07) is 0.558. The van der Waals surface area contributed by atoms with E-state index in [1.807, 2.05) is 7.05 Å². The zero-order valence-electron chi connectivity index (χ0n) is 16.8. The van der Waals surface area contributed by atoms with Gasteiger partial charge in [0, 0.05) is 38.4 Å². The highest BCUT2D eigenvalue weighted by atomic mass is 127. The first-order valence-corrected chi connectivity index (χ1v) is 9.69. The third-order valence-electron chi connectivity index (χ3n) is 6.18. The molecule has 148 valence electrons. The topological polar surface area (TPSA) is 48.9 Å². The van der Waals surface area contributed by atoms with Crippen molar-refractivity contribution in [3.8, 4) is 0 Å². The number of ether oxygens (including phenoxy) is 1. The van der Waals surface area contributed by atoms with Gasteiger partial charge in [-0.3, -0.25) is 4.99 Å². The van der Waals surface area contributed by atoms with Gasteiger partial charge in [-0.25, -0.2) is 0 Å². The number of hydrogen-bond donors (Lipinski definition) is 2. The molecule has 1 aliphatic heterocycles. The molecule has 0 bridgehead atoms. The van der Waals surface area contributed by atoms with Crippen molar-refractivity contribution in [2.45, 2.75) is 64.0 Å². The molecular formula is C19H39IN4O. The van der Waals surface area contributed by atoms with Gasteiger partial charge in [0.1, 0.15) is 0 Å². The molecule has 1 saturated carbocycles. The average Bonchev–Trinajstić information content (AvgIpc) is 2.59. The summed E-state index contributed by atoms with van der Waals surface area (Å²) in [4.78, 5) is 6.82. The molecular weight excluding hydrogens is 427 g/mol. The number of rotatable bonds is 5. The Morgan fingerprint density at radius 3 is 2.48 bits per heavy atom. The summed E-state index contributed by atoms with van der Waals surface area (Å²) in [6.45, 7) is 7.33. The Bertz CT molecular complexity index is 408. The fourth-order valence-corrected chi connectivity index (χ4v) is 4.13. The highest BCUT2D eigenvalue weighted by Crippen LogP contribution is 2.30. The van der Waals surface area contributed by atoms with E-state index in [0.29, 0.717) is 6.04 Å². The van der Waals surface area contributed by atoms with Crippen LogP contribution in [0.3, 0.4) is 0 Å². The fraction of sp³-hybridized carbons (Fsp3) is 0.947. The normalized spacial score (nSPS) is 27.1. The SMILES string of the molecule is CN=C(NCC1(N(C)C)CCOCC1)NC1CCCC(C(C)C)C1.I. The first kappa shape index (κ1) is 23.0. The average molecular weight is 466 g/mol. The van der Waals surface area contributed by atoms with Crippen LogP contribution in [0.4, 0.5) is 0 Å². The number of hydrogen-bond acceptors (Lipinski definition) is 3. The van der Waals surface area contributed by atoms with E-state index in [-0.39, 0.29) is 29.5 Å². The number of likely N-dealkylation sites (N-methyl/N-ethyl adjacent to an activating group) is 1. The van der Waals surface area contributed by atoms with Crippen molar-refractivity contribution in [2.24, 2.45) is 16.8 Å². The van der Waals surface area contributed by atoms with Crippen molar-refractivity contribution in [2.75, 3.05) is 40.9 Å². The molecule has 2 N–H and O–H groups in total. The van der Waals surface area contributed by atoms with Gasteiger partial charge in [0.25, 0.3) is 0 Å². The maximum absolute atomic E-state index is 5.56. The van der Waals surface area contributed by atoms with Crippen molar-refractivity contribution >= 4 is 29.9 Å². The van der Waals surface area contributed by atoms with Crippen molar-refractivity contribution in [1.82, 2.24) is 15.5 Å². The second-order valence-electron chi connectivity index (χ2n) is 8.17. The summed E-state index contributed by atoms with van der Waals surface area (Å²) < 4.78 is 5.56. The smallest absolute Gasteiger partial charge is 0.191 e. The van der Waals surface area contributed by atoms with Crippen LogP contribution in [-0.4, -0.2) is 63.3 Å². The Hall–Kier alpha value is -0.0800. The van der Waals surface area contributed by atoms with E-state index in [9.17, 15) is 0 Å². The lowest BCUT2D eigenvalue weighted by Crippen LogP contribution is -2.57. The Kier molecular flexibility index (Phi) is 10.0. The van der Waals surface area contributed by atoms with Gasteiger partial charge >= 0.3 is 0 Å². The Morgan fingerprint density at radius 1 is 1.24 bits per heavy atom. The van der Waals surface area contributed by atoms with Crippen LogP contribution in [0.1, 0.15) is 52.4 Å². The summed E-state index contributed by atoms with van der Waals surface area (Å²) in [5, 5.41) is 7.27. The van der Waals surface area contributed by atoms with Crippen LogP contribution in [0.5, 0.6) is 0 Å². The summed E-state index contributed by atoms with van der Waals surface area (Å²) in [5.41, 5.74) is 0.170. The van der Waals surface area contributed by atoms with E-state index in [1.165, 1.54) is 25.7 Å². The third kappa shape index (κ3) is 6.54. The number of guanidine groups is 1. The van der Waals surface area contributed by atoms with E-state index in [1.54, 1.807) is 0 Å². The minimum atomic E-state index is 0. The predicted octanol–water partition coefficient (Wildman–Crippen LogP) is 3.10. The summed E-state index contributed by atoms with van der Waals surface area (Å²) >= 11 is 0. The molecule has 0 amide bonds.